The fourth-order valence-corrected chi connectivity index (χ4v) is 4.80. The Morgan fingerprint density at radius 3 is 2.53 bits per heavy atom. The summed E-state index contributed by atoms with van der Waals surface area (Å²) in [5, 5.41) is 6.22. The number of hydrogen-bond donors (Lipinski definition) is 2. The summed E-state index contributed by atoms with van der Waals surface area (Å²) >= 11 is 6.23. The number of nitrogens with zero attached hydrogens (tertiary/aromatic N) is 3. The summed E-state index contributed by atoms with van der Waals surface area (Å²) in [6.07, 6.45) is 3.00. The normalized spacial score (nSPS) is 19.1. The molecule has 3 aromatic rings. The van der Waals surface area contributed by atoms with E-state index in [1.165, 1.54) is 18.5 Å². The van der Waals surface area contributed by atoms with Gasteiger partial charge in [-0.1, -0.05) is 41.9 Å². The highest BCUT2D eigenvalue weighted by molar-refractivity contribution is 6.31. The van der Waals surface area contributed by atoms with Crippen LogP contribution >= 0.6 is 11.6 Å². The highest BCUT2D eigenvalue weighted by atomic mass is 35.5. The van der Waals surface area contributed by atoms with Crippen LogP contribution in [0, 0.1) is 5.82 Å². The predicted molar refractivity (Wildman–Crippen MR) is 131 cm³/mol. The Morgan fingerprint density at radius 2 is 1.83 bits per heavy atom. The summed E-state index contributed by atoms with van der Waals surface area (Å²) in [6, 6.07) is 13.0. The molecule has 0 bridgehead atoms. The van der Waals surface area contributed by atoms with Crippen molar-refractivity contribution < 1.29 is 18.8 Å². The summed E-state index contributed by atoms with van der Waals surface area (Å²) < 4.78 is 14.7. The maximum atomic E-state index is 13.7. The molecule has 3 amide bonds. The zero-order chi connectivity index (χ0) is 25.4. The Labute approximate surface area is 212 Å². The van der Waals surface area contributed by atoms with Gasteiger partial charge in [-0.15, -0.1) is 0 Å². The van der Waals surface area contributed by atoms with Crippen molar-refractivity contribution in [3.05, 3.63) is 88.2 Å². The molecule has 2 heterocycles. The lowest BCUT2D eigenvalue weighted by Gasteiger charge is -2.44. The van der Waals surface area contributed by atoms with Crippen molar-refractivity contribution >= 4 is 29.3 Å². The van der Waals surface area contributed by atoms with Crippen LogP contribution in [0.5, 0.6) is 0 Å². The molecule has 1 aliphatic carbocycles. The lowest BCUT2D eigenvalue weighted by atomic mass is 9.93. The highest BCUT2D eigenvalue weighted by Gasteiger charge is 2.53. The molecule has 0 radical (unpaired) electrons. The van der Waals surface area contributed by atoms with Crippen LogP contribution in [0.2, 0.25) is 5.02 Å². The van der Waals surface area contributed by atoms with Gasteiger partial charge in [0.15, 0.2) is 5.69 Å². The van der Waals surface area contributed by atoms with Crippen LogP contribution in [-0.4, -0.2) is 43.8 Å². The van der Waals surface area contributed by atoms with Crippen LogP contribution in [0.3, 0.4) is 0 Å². The third kappa shape index (κ3) is 4.46. The number of imidazole rings is 1. The molecule has 0 spiro atoms. The molecule has 10 heteroatoms. The van der Waals surface area contributed by atoms with Gasteiger partial charge in [-0.3, -0.25) is 14.4 Å². The van der Waals surface area contributed by atoms with Gasteiger partial charge in [-0.2, -0.15) is 0 Å². The van der Waals surface area contributed by atoms with Crippen molar-refractivity contribution in [2.75, 3.05) is 0 Å². The third-order valence-electron chi connectivity index (χ3n) is 6.65. The third-order valence-corrected chi connectivity index (χ3v) is 7.02. The van der Waals surface area contributed by atoms with Gasteiger partial charge in [-0.25, -0.2) is 9.37 Å². The van der Waals surface area contributed by atoms with Crippen molar-refractivity contribution in [1.29, 1.82) is 0 Å². The fraction of sp³-hybridized carbons (Fsp3) is 0.308. The average molecular weight is 510 g/mol. The number of amides is 3. The van der Waals surface area contributed by atoms with Crippen molar-refractivity contribution in [1.82, 2.24) is 25.1 Å². The van der Waals surface area contributed by atoms with E-state index in [0.29, 0.717) is 10.6 Å². The molecule has 0 saturated heterocycles. The minimum absolute atomic E-state index is 0.00582. The molecule has 186 valence electrons. The Balaban J connectivity index is 1.36. The van der Waals surface area contributed by atoms with Crippen LogP contribution in [0.15, 0.2) is 54.9 Å². The zero-order valence-electron chi connectivity index (χ0n) is 19.6. The second kappa shape index (κ2) is 9.39. The molecular weight excluding hydrogens is 485 g/mol. The van der Waals surface area contributed by atoms with E-state index in [4.69, 9.17) is 11.6 Å². The largest absolute Gasteiger partial charge is 0.350 e. The molecule has 1 fully saturated rings. The van der Waals surface area contributed by atoms with Crippen LogP contribution in [0.4, 0.5) is 4.39 Å². The molecule has 1 saturated carbocycles. The first-order valence-corrected chi connectivity index (χ1v) is 12.1. The van der Waals surface area contributed by atoms with E-state index in [1.54, 1.807) is 34.6 Å². The number of nitrogens with one attached hydrogen (secondary N) is 2. The first-order valence-electron chi connectivity index (χ1n) is 11.7. The molecule has 2 N–H and O–H groups in total. The molecule has 1 aromatic heterocycles. The molecule has 2 aliphatic rings. The van der Waals surface area contributed by atoms with Crippen molar-refractivity contribution in [2.45, 2.75) is 51.0 Å². The van der Waals surface area contributed by atoms with E-state index >= 15 is 0 Å². The summed E-state index contributed by atoms with van der Waals surface area (Å²) in [7, 11) is 0. The summed E-state index contributed by atoms with van der Waals surface area (Å²) in [6.45, 7) is 2.29. The Kier molecular flexibility index (Phi) is 6.26. The van der Waals surface area contributed by atoms with Crippen molar-refractivity contribution in [2.24, 2.45) is 0 Å². The fourth-order valence-electron chi connectivity index (χ4n) is 4.60. The molecule has 0 unspecified atom stereocenters. The molecular formula is C26H25ClFN5O3. The lowest BCUT2D eigenvalue weighted by Crippen LogP contribution is -2.64. The second-order valence-electron chi connectivity index (χ2n) is 9.33. The van der Waals surface area contributed by atoms with Crippen LogP contribution in [-0.2, 0) is 24.4 Å². The second-order valence-corrected chi connectivity index (χ2v) is 9.74. The number of carbonyl (C=O) groups excluding carboxylic acids is 3. The standard InChI is InChI=1S/C26H25ClFN5O3/c1-26(25(36)30-13-17-4-2-3-5-20(17)27)14-32-15-31-21(22(32)24(35)33(26)19-10-11-19)23(34)29-12-16-6-8-18(28)9-7-16/h2-9,15,19H,10-14H2,1H3,(H,29,34)(H,30,36)/t26-/m1/s1. The van der Waals surface area contributed by atoms with Gasteiger partial charge in [0.05, 0.1) is 12.9 Å². The minimum Gasteiger partial charge on any atom is -0.350 e. The number of aromatic nitrogens is 2. The smallest absolute Gasteiger partial charge is 0.274 e. The number of hydrogen-bond acceptors (Lipinski definition) is 4. The number of carbonyl (C=O) groups is 3. The van der Waals surface area contributed by atoms with E-state index in [1.807, 2.05) is 18.2 Å². The molecule has 36 heavy (non-hydrogen) atoms. The Morgan fingerprint density at radius 1 is 1.11 bits per heavy atom. The molecule has 1 atom stereocenters. The van der Waals surface area contributed by atoms with Gasteiger partial charge in [0.2, 0.25) is 5.91 Å². The van der Waals surface area contributed by atoms with Gasteiger partial charge in [0.25, 0.3) is 11.8 Å². The first kappa shape index (κ1) is 24.0. The van der Waals surface area contributed by atoms with Crippen LogP contribution in [0.25, 0.3) is 0 Å². The van der Waals surface area contributed by atoms with E-state index in [9.17, 15) is 18.8 Å². The van der Waals surface area contributed by atoms with Crippen LogP contribution < -0.4 is 10.6 Å². The summed E-state index contributed by atoms with van der Waals surface area (Å²) in [4.78, 5) is 45.9. The number of halogens is 2. The van der Waals surface area contributed by atoms with Crippen molar-refractivity contribution in [3.63, 3.8) is 0 Å². The maximum absolute atomic E-state index is 13.7. The van der Waals surface area contributed by atoms with E-state index in [2.05, 4.69) is 15.6 Å². The number of benzene rings is 2. The van der Waals surface area contributed by atoms with Gasteiger partial charge in [0.1, 0.15) is 17.1 Å². The molecule has 1 aliphatic heterocycles. The maximum Gasteiger partial charge on any atom is 0.274 e. The topological polar surface area (TPSA) is 96.3 Å². The quantitative estimate of drug-likeness (QED) is 0.511. The van der Waals surface area contributed by atoms with Crippen molar-refractivity contribution in [3.8, 4) is 0 Å². The van der Waals surface area contributed by atoms with Gasteiger partial charge in [-0.05, 0) is 49.1 Å². The number of fused-ring (bicyclic) bond motifs is 1. The SMILES string of the molecule is C[C@]1(C(=O)NCc2ccccc2Cl)Cn2cnc(C(=O)NCc3ccc(F)cc3)c2C(=O)N1C1CC1. The predicted octanol–water partition coefficient (Wildman–Crippen LogP) is 3.30. The Hall–Kier alpha value is -3.72. The zero-order valence-corrected chi connectivity index (χ0v) is 20.4. The number of rotatable bonds is 7. The highest BCUT2D eigenvalue weighted by Crippen LogP contribution is 2.39. The monoisotopic (exact) mass is 509 g/mol. The minimum atomic E-state index is -1.16. The molecule has 8 nitrogen and oxygen atoms in total. The van der Waals surface area contributed by atoms with Gasteiger partial charge < -0.3 is 20.1 Å². The van der Waals surface area contributed by atoms with Crippen LogP contribution in [0.1, 0.15) is 51.9 Å². The van der Waals surface area contributed by atoms with E-state index in [0.717, 1.165) is 18.4 Å². The van der Waals surface area contributed by atoms with Gasteiger partial charge >= 0.3 is 0 Å². The summed E-state index contributed by atoms with van der Waals surface area (Å²) in [5.74, 6) is -1.57. The Bertz CT molecular complexity index is 1340. The molecule has 2 aromatic carbocycles. The lowest BCUT2D eigenvalue weighted by molar-refractivity contribution is -0.133. The average Bonchev–Trinajstić information content (AvgIpc) is 3.60. The first-order chi connectivity index (χ1) is 17.3. The van der Waals surface area contributed by atoms with E-state index in [-0.39, 0.29) is 48.8 Å². The van der Waals surface area contributed by atoms with Gasteiger partial charge in [0, 0.05) is 24.2 Å². The summed E-state index contributed by atoms with van der Waals surface area (Å²) in [5.41, 5.74) is 0.502. The van der Waals surface area contributed by atoms with E-state index < -0.39 is 17.4 Å². The molecule has 5 rings (SSSR count).